The quantitative estimate of drug-likeness (QED) is 0.350. The Labute approximate surface area is 187 Å². The third-order valence-corrected chi connectivity index (χ3v) is 4.92. The highest BCUT2D eigenvalue weighted by atomic mass is 35.6. The normalized spacial score (nSPS) is 12.3. The molecule has 3 aromatic rings. The highest BCUT2D eigenvalue weighted by Crippen LogP contribution is 2.42. The van der Waals surface area contributed by atoms with Crippen molar-refractivity contribution in [2.45, 2.75) is 14.5 Å². The molecule has 0 saturated carbocycles. The second-order valence-corrected chi connectivity index (χ2v) is 10.5. The number of hydrogen-bond acceptors (Lipinski definition) is 2. The van der Waals surface area contributed by atoms with E-state index < -0.39 is 7.59 Å². The Kier molecular flexibility index (Phi) is 6.17. The lowest BCUT2D eigenvalue weighted by molar-refractivity contribution is 0.919. The molecule has 0 fully saturated rings. The van der Waals surface area contributed by atoms with Crippen molar-refractivity contribution in [3.63, 3.8) is 0 Å². The topological polar surface area (TPSA) is 25.8 Å². The van der Waals surface area contributed by atoms with Gasteiger partial charge >= 0.3 is 0 Å². The number of alkyl halides is 6. The molecule has 0 spiro atoms. The third-order valence-electron chi connectivity index (χ3n) is 3.84. The summed E-state index contributed by atoms with van der Waals surface area (Å²) in [6, 6.07) is 17.6. The van der Waals surface area contributed by atoms with Crippen LogP contribution in [0.5, 0.6) is 0 Å². The summed E-state index contributed by atoms with van der Waals surface area (Å²) >= 11 is 35.7. The molecule has 0 bridgehead atoms. The smallest absolute Gasteiger partial charge is 0.229 e. The van der Waals surface area contributed by atoms with Crippen LogP contribution in [-0.4, -0.2) is 9.97 Å². The minimum absolute atomic E-state index is 0.0612. The molecule has 2 aromatic carbocycles. The minimum Gasteiger partial charge on any atom is -0.229 e. The van der Waals surface area contributed by atoms with E-state index in [4.69, 9.17) is 69.6 Å². The van der Waals surface area contributed by atoms with Crippen molar-refractivity contribution in [2.75, 3.05) is 0 Å². The predicted octanol–water partition coefficient (Wildman–Crippen LogP) is 7.77. The summed E-state index contributed by atoms with van der Waals surface area (Å²) in [5.41, 5.74) is 4.77. The maximum atomic E-state index is 5.97. The van der Waals surface area contributed by atoms with Gasteiger partial charge in [-0.2, -0.15) is 0 Å². The van der Waals surface area contributed by atoms with Gasteiger partial charge in [0.05, 0.1) is 11.4 Å². The van der Waals surface area contributed by atoms with Crippen molar-refractivity contribution in [3.05, 3.63) is 71.7 Å². The molecule has 0 aliphatic rings. The number of aromatic nitrogens is 2. The van der Waals surface area contributed by atoms with Gasteiger partial charge in [-0.15, -0.1) is 0 Å². The molecule has 1 heterocycles. The Bertz CT molecular complexity index is 910. The summed E-state index contributed by atoms with van der Waals surface area (Å²) < 4.78 is -3.62. The van der Waals surface area contributed by atoms with Crippen molar-refractivity contribution in [1.82, 2.24) is 9.97 Å². The molecule has 1 aromatic heterocycles. The van der Waals surface area contributed by atoms with Gasteiger partial charge < -0.3 is 0 Å². The molecular weight excluding hydrogens is 469 g/mol. The molecule has 0 radical (unpaired) electrons. The minimum atomic E-state index is -1.84. The monoisotopic (exact) mass is 478 g/mol. The first-order valence-electron chi connectivity index (χ1n) is 7.75. The molecule has 140 valence electrons. The van der Waals surface area contributed by atoms with Gasteiger partial charge in [0, 0.05) is 5.56 Å². The van der Waals surface area contributed by atoms with Crippen LogP contribution in [0.25, 0.3) is 22.4 Å². The number of benzene rings is 2. The van der Waals surface area contributed by atoms with Gasteiger partial charge in [-0.05, 0) is 24.1 Å². The van der Waals surface area contributed by atoms with Crippen LogP contribution in [0.3, 0.4) is 0 Å². The van der Waals surface area contributed by atoms with E-state index >= 15 is 0 Å². The fraction of sp³-hybridized carbons (Fsp3) is 0.158. The zero-order valence-corrected chi connectivity index (χ0v) is 18.4. The van der Waals surface area contributed by atoms with Crippen LogP contribution in [-0.2, 0) is 7.59 Å². The maximum absolute atomic E-state index is 5.97. The number of hydrogen-bond donors (Lipinski definition) is 0. The SMILES string of the molecule is Cc1ccc(-c2ccc(-c3cc(C(Cl)(Cl)Cl)nc(C(Cl)(Cl)Cl)n3)cc2)cc1. The lowest BCUT2D eigenvalue weighted by Crippen LogP contribution is -2.14. The molecule has 0 unspecified atom stereocenters. The standard InChI is InChI=1S/C19H12Cl6N2/c1-11-2-4-12(5-3-11)13-6-8-14(9-7-13)15-10-16(18(20,21)22)27-17(26-15)19(23,24)25/h2-10H,1H3. The number of halogens is 6. The first-order chi connectivity index (χ1) is 12.5. The maximum Gasteiger partial charge on any atom is 0.250 e. The van der Waals surface area contributed by atoms with E-state index in [2.05, 4.69) is 34.2 Å². The van der Waals surface area contributed by atoms with Gasteiger partial charge in [0.2, 0.25) is 7.59 Å². The van der Waals surface area contributed by atoms with Gasteiger partial charge in [0.25, 0.3) is 0 Å². The highest BCUT2D eigenvalue weighted by Gasteiger charge is 2.32. The first kappa shape index (κ1) is 21.0. The summed E-state index contributed by atoms with van der Waals surface area (Å²) in [5.74, 6) is -0.0612. The molecule has 8 heteroatoms. The summed E-state index contributed by atoms with van der Waals surface area (Å²) in [6.07, 6.45) is 0. The third kappa shape index (κ3) is 5.20. The molecule has 0 atom stereocenters. The molecule has 0 N–H and O–H groups in total. The van der Waals surface area contributed by atoms with E-state index in [9.17, 15) is 0 Å². The number of nitrogens with zero attached hydrogens (tertiary/aromatic N) is 2. The van der Waals surface area contributed by atoms with Crippen molar-refractivity contribution >= 4 is 69.6 Å². The molecule has 3 rings (SSSR count). The van der Waals surface area contributed by atoms with E-state index in [-0.39, 0.29) is 11.5 Å². The molecule has 27 heavy (non-hydrogen) atoms. The van der Waals surface area contributed by atoms with Crippen LogP contribution < -0.4 is 0 Å². The lowest BCUT2D eigenvalue weighted by atomic mass is 10.0. The van der Waals surface area contributed by atoms with Crippen LogP contribution in [0.15, 0.2) is 54.6 Å². The largest absolute Gasteiger partial charge is 0.250 e. The summed E-state index contributed by atoms with van der Waals surface area (Å²) in [4.78, 5) is 8.39. The average molecular weight is 481 g/mol. The molecule has 0 amide bonds. The van der Waals surface area contributed by atoms with Gasteiger partial charge in [0.1, 0.15) is 0 Å². The van der Waals surface area contributed by atoms with Crippen molar-refractivity contribution in [3.8, 4) is 22.4 Å². The number of rotatable bonds is 2. The fourth-order valence-electron chi connectivity index (χ4n) is 2.45. The van der Waals surface area contributed by atoms with E-state index in [1.807, 2.05) is 31.2 Å². The summed E-state index contributed by atoms with van der Waals surface area (Å²) in [7, 11) is 0. The second-order valence-electron chi connectivity index (χ2n) is 5.90. The Morgan fingerprint density at radius 2 is 1.11 bits per heavy atom. The van der Waals surface area contributed by atoms with Crippen LogP contribution in [0.1, 0.15) is 17.1 Å². The van der Waals surface area contributed by atoms with Crippen LogP contribution in [0.4, 0.5) is 0 Å². The predicted molar refractivity (Wildman–Crippen MR) is 116 cm³/mol. The van der Waals surface area contributed by atoms with Gasteiger partial charge in [-0.1, -0.05) is 124 Å². The van der Waals surface area contributed by atoms with E-state index in [1.165, 1.54) is 5.56 Å². The Balaban J connectivity index is 2.04. The molecular formula is C19H12Cl6N2. The molecule has 0 aliphatic heterocycles. The molecule has 0 aliphatic carbocycles. The van der Waals surface area contributed by atoms with Crippen molar-refractivity contribution < 1.29 is 0 Å². The van der Waals surface area contributed by atoms with Crippen molar-refractivity contribution in [1.29, 1.82) is 0 Å². The van der Waals surface area contributed by atoms with Crippen LogP contribution >= 0.6 is 69.6 Å². The zero-order valence-electron chi connectivity index (χ0n) is 13.9. The Morgan fingerprint density at radius 1 is 0.630 bits per heavy atom. The van der Waals surface area contributed by atoms with Gasteiger partial charge in [-0.3, -0.25) is 0 Å². The lowest BCUT2D eigenvalue weighted by Gasteiger charge is -2.16. The summed E-state index contributed by atoms with van der Waals surface area (Å²) in [6.45, 7) is 2.05. The zero-order chi connectivity index (χ0) is 19.8. The Hall–Kier alpha value is -0.740. The number of aryl methyl sites for hydroxylation is 1. The summed E-state index contributed by atoms with van der Waals surface area (Å²) in [5, 5.41) is 0. The van der Waals surface area contributed by atoms with Gasteiger partial charge in [0.15, 0.2) is 5.82 Å². The van der Waals surface area contributed by atoms with E-state index in [0.717, 1.165) is 16.7 Å². The fourth-order valence-corrected chi connectivity index (χ4v) is 2.99. The van der Waals surface area contributed by atoms with E-state index in [0.29, 0.717) is 5.69 Å². The first-order valence-corrected chi connectivity index (χ1v) is 10.0. The van der Waals surface area contributed by atoms with Crippen LogP contribution in [0, 0.1) is 6.92 Å². The van der Waals surface area contributed by atoms with Crippen LogP contribution in [0.2, 0.25) is 0 Å². The van der Waals surface area contributed by atoms with Gasteiger partial charge in [-0.25, -0.2) is 9.97 Å². The average Bonchev–Trinajstić information content (AvgIpc) is 2.61. The highest BCUT2D eigenvalue weighted by molar-refractivity contribution is 6.67. The Morgan fingerprint density at radius 3 is 1.59 bits per heavy atom. The van der Waals surface area contributed by atoms with E-state index in [1.54, 1.807) is 6.07 Å². The molecule has 0 saturated heterocycles. The van der Waals surface area contributed by atoms with Crippen molar-refractivity contribution in [2.24, 2.45) is 0 Å². The molecule has 2 nitrogen and oxygen atoms in total. The second kappa shape index (κ2) is 7.94.